The molecule has 2 aromatic heterocycles. The van der Waals surface area contributed by atoms with Crippen LogP contribution in [0.3, 0.4) is 0 Å². The van der Waals surface area contributed by atoms with Crippen LogP contribution in [0.1, 0.15) is 16.3 Å². The Morgan fingerprint density at radius 1 is 1.47 bits per heavy atom. The minimum atomic E-state index is 0.489. The Morgan fingerprint density at radius 2 is 2.29 bits per heavy atom. The monoisotopic (exact) mass is 270 g/mol. The summed E-state index contributed by atoms with van der Waals surface area (Å²) < 4.78 is 1.82. The molecule has 17 heavy (non-hydrogen) atoms. The van der Waals surface area contributed by atoms with Gasteiger partial charge in [-0.15, -0.1) is 22.9 Å². The lowest BCUT2D eigenvalue weighted by Gasteiger charge is -2.13. The van der Waals surface area contributed by atoms with E-state index in [1.165, 1.54) is 5.56 Å². The van der Waals surface area contributed by atoms with Gasteiger partial charge in [-0.25, -0.2) is 4.98 Å². The number of thiazole rings is 1. The molecule has 0 aliphatic rings. The zero-order chi connectivity index (χ0) is 12.3. The van der Waals surface area contributed by atoms with Gasteiger partial charge < -0.3 is 0 Å². The molecule has 6 heteroatoms. The van der Waals surface area contributed by atoms with Crippen LogP contribution in [0.15, 0.2) is 17.8 Å². The van der Waals surface area contributed by atoms with Gasteiger partial charge in [-0.1, -0.05) is 0 Å². The molecule has 0 unspecified atom stereocenters. The number of aromatic nitrogens is 3. The number of aryl methyl sites for hydroxylation is 1. The molecule has 0 aliphatic heterocycles. The third kappa shape index (κ3) is 3.52. The summed E-state index contributed by atoms with van der Waals surface area (Å²) in [5.74, 6) is 0.489. The third-order valence-corrected chi connectivity index (χ3v) is 3.51. The maximum atomic E-state index is 5.73. The van der Waals surface area contributed by atoms with Crippen molar-refractivity contribution in [3.63, 3.8) is 0 Å². The lowest BCUT2D eigenvalue weighted by atomic mass is 10.3. The van der Waals surface area contributed by atoms with Crippen molar-refractivity contribution in [1.29, 1.82) is 0 Å². The summed E-state index contributed by atoms with van der Waals surface area (Å²) in [5.41, 5.74) is 2.17. The van der Waals surface area contributed by atoms with E-state index in [2.05, 4.69) is 22.0 Å². The van der Waals surface area contributed by atoms with E-state index in [4.69, 9.17) is 11.6 Å². The van der Waals surface area contributed by atoms with Gasteiger partial charge in [0.15, 0.2) is 0 Å². The van der Waals surface area contributed by atoms with Crippen LogP contribution in [0.4, 0.5) is 0 Å². The van der Waals surface area contributed by atoms with Crippen molar-refractivity contribution in [3.8, 4) is 0 Å². The molecule has 0 aliphatic carbocycles. The van der Waals surface area contributed by atoms with Gasteiger partial charge in [-0.05, 0) is 7.05 Å². The summed E-state index contributed by atoms with van der Waals surface area (Å²) in [6, 6.07) is 0. The molecule has 0 saturated heterocycles. The number of halogens is 1. The van der Waals surface area contributed by atoms with Crippen LogP contribution in [-0.2, 0) is 26.0 Å². The predicted octanol–water partition coefficient (Wildman–Crippen LogP) is 2.25. The Labute approximate surface area is 110 Å². The largest absolute Gasteiger partial charge is 0.295 e. The van der Waals surface area contributed by atoms with E-state index in [1.807, 2.05) is 29.5 Å². The van der Waals surface area contributed by atoms with E-state index >= 15 is 0 Å². The van der Waals surface area contributed by atoms with E-state index in [0.29, 0.717) is 5.88 Å². The predicted molar refractivity (Wildman–Crippen MR) is 70.1 cm³/mol. The van der Waals surface area contributed by atoms with Crippen LogP contribution in [0.5, 0.6) is 0 Å². The highest BCUT2D eigenvalue weighted by Crippen LogP contribution is 2.14. The lowest BCUT2D eigenvalue weighted by molar-refractivity contribution is 0.318. The van der Waals surface area contributed by atoms with Crippen LogP contribution < -0.4 is 0 Å². The van der Waals surface area contributed by atoms with Gasteiger partial charge >= 0.3 is 0 Å². The summed E-state index contributed by atoms with van der Waals surface area (Å²) in [6.45, 7) is 1.72. The summed E-state index contributed by atoms with van der Waals surface area (Å²) in [6.07, 6.45) is 3.92. The van der Waals surface area contributed by atoms with E-state index < -0.39 is 0 Å². The van der Waals surface area contributed by atoms with Crippen molar-refractivity contribution in [2.24, 2.45) is 7.05 Å². The third-order valence-electron chi connectivity index (χ3n) is 2.35. The summed E-state index contributed by atoms with van der Waals surface area (Å²) in [5, 5.41) is 7.27. The van der Waals surface area contributed by atoms with Crippen molar-refractivity contribution in [2.75, 3.05) is 7.05 Å². The lowest BCUT2D eigenvalue weighted by Crippen LogP contribution is -2.16. The van der Waals surface area contributed by atoms with Crippen molar-refractivity contribution in [1.82, 2.24) is 19.7 Å². The van der Waals surface area contributed by atoms with Crippen LogP contribution >= 0.6 is 22.9 Å². The molecule has 2 aromatic rings. The van der Waals surface area contributed by atoms with Gasteiger partial charge in [0.2, 0.25) is 0 Å². The number of rotatable bonds is 5. The summed E-state index contributed by atoms with van der Waals surface area (Å²) in [4.78, 5) is 6.66. The first-order valence-electron chi connectivity index (χ1n) is 5.32. The van der Waals surface area contributed by atoms with Crippen LogP contribution in [0.25, 0.3) is 0 Å². The standard InChI is InChI=1S/C11H15ClN4S/c1-15(5-9-4-13-16(2)6-9)7-11-14-10(3-12)8-17-11/h4,6,8H,3,5,7H2,1-2H3. The first-order valence-corrected chi connectivity index (χ1v) is 6.74. The van der Waals surface area contributed by atoms with Gasteiger partial charge in [-0.3, -0.25) is 9.58 Å². The van der Waals surface area contributed by atoms with Gasteiger partial charge in [0.25, 0.3) is 0 Å². The molecular weight excluding hydrogens is 256 g/mol. The molecule has 0 bridgehead atoms. The number of hydrogen-bond acceptors (Lipinski definition) is 4. The quantitative estimate of drug-likeness (QED) is 0.782. The zero-order valence-electron chi connectivity index (χ0n) is 9.93. The molecule has 2 rings (SSSR count). The number of alkyl halides is 1. The van der Waals surface area contributed by atoms with Crippen molar-refractivity contribution >= 4 is 22.9 Å². The van der Waals surface area contributed by atoms with Gasteiger partial charge in [-0.2, -0.15) is 5.10 Å². The second kappa shape index (κ2) is 5.62. The second-order valence-corrected chi connectivity index (χ2v) is 5.27. The number of nitrogens with zero attached hydrogens (tertiary/aromatic N) is 4. The first kappa shape index (κ1) is 12.5. The Kier molecular flexibility index (Phi) is 4.15. The van der Waals surface area contributed by atoms with Crippen LogP contribution in [-0.4, -0.2) is 26.7 Å². The average molecular weight is 271 g/mol. The molecular formula is C11H15ClN4S. The Morgan fingerprint density at radius 3 is 2.88 bits per heavy atom. The molecule has 0 radical (unpaired) electrons. The minimum Gasteiger partial charge on any atom is -0.295 e. The van der Waals surface area contributed by atoms with E-state index in [-0.39, 0.29) is 0 Å². The zero-order valence-corrected chi connectivity index (χ0v) is 11.5. The SMILES string of the molecule is CN(Cc1cnn(C)c1)Cc1nc(CCl)cs1. The molecule has 92 valence electrons. The molecule has 0 saturated carbocycles. The number of hydrogen-bond donors (Lipinski definition) is 0. The van der Waals surface area contributed by atoms with Gasteiger partial charge in [0.05, 0.1) is 24.3 Å². The normalized spacial score (nSPS) is 11.3. The highest BCUT2D eigenvalue weighted by molar-refractivity contribution is 7.09. The summed E-state index contributed by atoms with van der Waals surface area (Å²) in [7, 11) is 4.01. The van der Waals surface area contributed by atoms with Gasteiger partial charge in [0, 0.05) is 30.7 Å². The molecule has 0 fully saturated rings. The Hall–Kier alpha value is -0.910. The van der Waals surface area contributed by atoms with Crippen molar-refractivity contribution in [3.05, 3.63) is 34.0 Å². The fourth-order valence-corrected chi connectivity index (χ4v) is 2.74. The van der Waals surface area contributed by atoms with Crippen molar-refractivity contribution < 1.29 is 0 Å². The minimum absolute atomic E-state index is 0.489. The molecule has 0 aromatic carbocycles. The van der Waals surface area contributed by atoms with E-state index in [9.17, 15) is 0 Å². The Balaban J connectivity index is 1.90. The summed E-state index contributed by atoms with van der Waals surface area (Å²) >= 11 is 7.39. The van der Waals surface area contributed by atoms with E-state index in [1.54, 1.807) is 11.3 Å². The topological polar surface area (TPSA) is 34.0 Å². The maximum Gasteiger partial charge on any atom is 0.107 e. The fourth-order valence-electron chi connectivity index (χ4n) is 1.63. The molecule has 0 amide bonds. The maximum absolute atomic E-state index is 5.73. The highest BCUT2D eigenvalue weighted by Gasteiger charge is 2.06. The van der Waals surface area contributed by atoms with Crippen LogP contribution in [0, 0.1) is 0 Å². The molecule has 4 nitrogen and oxygen atoms in total. The highest BCUT2D eigenvalue weighted by atomic mass is 35.5. The van der Waals surface area contributed by atoms with Crippen LogP contribution in [0.2, 0.25) is 0 Å². The Bertz CT molecular complexity index is 479. The van der Waals surface area contributed by atoms with E-state index in [0.717, 1.165) is 23.8 Å². The molecule has 2 heterocycles. The average Bonchev–Trinajstić information content (AvgIpc) is 2.88. The smallest absolute Gasteiger partial charge is 0.107 e. The first-order chi connectivity index (χ1) is 8.17. The second-order valence-electron chi connectivity index (χ2n) is 4.06. The van der Waals surface area contributed by atoms with Gasteiger partial charge in [0.1, 0.15) is 5.01 Å². The molecule has 0 spiro atoms. The van der Waals surface area contributed by atoms with Crippen molar-refractivity contribution in [2.45, 2.75) is 19.0 Å². The molecule has 0 N–H and O–H groups in total. The fraction of sp³-hybridized carbons (Fsp3) is 0.455. The molecule has 0 atom stereocenters.